The Morgan fingerprint density at radius 1 is 1.19 bits per heavy atom. The van der Waals surface area contributed by atoms with Crippen LogP contribution in [0.4, 0.5) is 5.88 Å². The predicted molar refractivity (Wildman–Crippen MR) is 142 cm³/mol. The number of allylic oxidation sites excluding steroid dienone is 1. The summed E-state index contributed by atoms with van der Waals surface area (Å²) in [5.74, 6) is 1.45. The molecule has 0 radical (unpaired) electrons. The summed E-state index contributed by atoms with van der Waals surface area (Å²) in [6.07, 6.45) is 1.74. The molecule has 0 N–H and O–H groups in total. The van der Waals surface area contributed by atoms with Gasteiger partial charge in [0, 0.05) is 43.9 Å². The van der Waals surface area contributed by atoms with Crippen LogP contribution in [0.25, 0.3) is 6.08 Å². The molecule has 37 heavy (non-hydrogen) atoms. The zero-order valence-electron chi connectivity index (χ0n) is 21.4. The molecule has 1 atom stereocenters. The van der Waals surface area contributed by atoms with E-state index in [9.17, 15) is 9.59 Å². The first-order valence-corrected chi connectivity index (χ1v) is 13.1. The second-order valence-corrected chi connectivity index (χ2v) is 10.0. The second-order valence-electron chi connectivity index (χ2n) is 9.01. The van der Waals surface area contributed by atoms with E-state index in [-0.39, 0.29) is 12.2 Å². The van der Waals surface area contributed by atoms with E-state index in [1.165, 1.54) is 11.3 Å². The lowest BCUT2D eigenvalue weighted by Crippen LogP contribution is -2.44. The average Bonchev–Trinajstić information content (AvgIpc) is 3.48. The highest BCUT2D eigenvalue weighted by Gasteiger charge is 2.35. The maximum absolute atomic E-state index is 13.8. The number of para-hydroxylation sites is 1. The normalized spacial score (nSPS) is 18.5. The molecule has 0 saturated carbocycles. The van der Waals surface area contributed by atoms with Gasteiger partial charge >= 0.3 is 5.97 Å². The molecule has 2 aromatic heterocycles. The molecule has 10 heteroatoms. The van der Waals surface area contributed by atoms with Gasteiger partial charge in [0.15, 0.2) is 10.7 Å². The molecule has 0 aliphatic carbocycles. The Kier molecular flexibility index (Phi) is 7.03. The van der Waals surface area contributed by atoms with Gasteiger partial charge in [0.25, 0.3) is 5.56 Å². The number of aromatic nitrogens is 1. The largest absolute Gasteiger partial charge is 0.496 e. The van der Waals surface area contributed by atoms with Crippen molar-refractivity contribution in [1.82, 2.24) is 9.47 Å². The van der Waals surface area contributed by atoms with E-state index in [0.29, 0.717) is 37.7 Å². The number of hydrogen-bond acceptors (Lipinski definition) is 9. The molecule has 5 rings (SSSR count). The molecule has 194 valence electrons. The summed E-state index contributed by atoms with van der Waals surface area (Å²) >= 11 is 1.27. The van der Waals surface area contributed by atoms with E-state index >= 15 is 0 Å². The smallest absolute Gasteiger partial charge is 0.338 e. The topological polar surface area (TPSA) is 89.5 Å². The van der Waals surface area contributed by atoms with Gasteiger partial charge in [0.1, 0.15) is 17.6 Å². The highest BCUT2D eigenvalue weighted by molar-refractivity contribution is 7.07. The van der Waals surface area contributed by atoms with Crippen LogP contribution in [-0.2, 0) is 9.53 Å². The first-order valence-electron chi connectivity index (χ1n) is 12.3. The number of benzene rings is 1. The summed E-state index contributed by atoms with van der Waals surface area (Å²) in [5.41, 5.74) is 1.26. The molecule has 0 spiro atoms. The Bertz CT molecular complexity index is 1520. The quantitative estimate of drug-likeness (QED) is 0.459. The van der Waals surface area contributed by atoms with Crippen LogP contribution >= 0.6 is 11.3 Å². The lowest BCUT2D eigenvalue weighted by Gasteiger charge is -2.32. The van der Waals surface area contributed by atoms with Crippen LogP contribution in [-0.4, -0.2) is 62.4 Å². The predicted octanol–water partition coefficient (Wildman–Crippen LogP) is 2.15. The minimum atomic E-state index is -0.730. The number of fused-ring (bicyclic) bond motifs is 1. The van der Waals surface area contributed by atoms with Crippen molar-refractivity contribution in [3.63, 3.8) is 0 Å². The van der Waals surface area contributed by atoms with Gasteiger partial charge in [-0.1, -0.05) is 29.5 Å². The summed E-state index contributed by atoms with van der Waals surface area (Å²) in [4.78, 5) is 36.5. The van der Waals surface area contributed by atoms with Crippen molar-refractivity contribution in [2.75, 3.05) is 51.8 Å². The Hall–Kier alpha value is -3.63. The second kappa shape index (κ2) is 10.4. The molecule has 0 bridgehead atoms. The molecule has 9 nitrogen and oxygen atoms in total. The third kappa shape index (κ3) is 4.74. The molecular formula is C27H30N4O5S. The van der Waals surface area contributed by atoms with Gasteiger partial charge in [-0.2, -0.15) is 0 Å². The Labute approximate surface area is 218 Å². The fourth-order valence-electron chi connectivity index (χ4n) is 4.72. The molecule has 2 aliphatic rings. The molecule has 4 heterocycles. The summed E-state index contributed by atoms with van der Waals surface area (Å²) < 4.78 is 19.1. The maximum Gasteiger partial charge on any atom is 0.338 e. The first kappa shape index (κ1) is 25.0. The molecule has 1 fully saturated rings. The fourth-order valence-corrected chi connectivity index (χ4v) is 5.75. The van der Waals surface area contributed by atoms with Gasteiger partial charge in [-0.3, -0.25) is 9.36 Å². The standard InChI is InChI=1S/C27H30N4O5S/c1-5-35-26(33)23-17(2)28-27-31(24(23)19-8-6-7-9-20(19)34-4)25(32)21(37-27)16-18-10-11-22(36-18)30-14-12-29(3)13-15-30/h6-11,16,24H,5,12-15H2,1-4H3/t24-/m0/s1. The molecule has 3 aromatic rings. The zero-order valence-corrected chi connectivity index (χ0v) is 22.2. The van der Waals surface area contributed by atoms with Gasteiger partial charge in [0.05, 0.1) is 29.5 Å². The number of ether oxygens (including phenoxy) is 2. The third-order valence-electron chi connectivity index (χ3n) is 6.65. The van der Waals surface area contributed by atoms with Crippen molar-refractivity contribution in [2.24, 2.45) is 4.99 Å². The highest BCUT2D eigenvalue weighted by atomic mass is 32.1. The monoisotopic (exact) mass is 522 g/mol. The number of anilines is 1. The molecule has 0 unspecified atom stereocenters. The third-order valence-corrected chi connectivity index (χ3v) is 7.63. The Balaban J connectivity index is 1.61. The highest BCUT2D eigenvalue weighted by Crippen LogP contribution is 2.35. The van der Waals surface area contributed by atoms with Gasteiger partial charge < -0.3 is 23.7 Å². The number of methoxy groups -OCH3 is 1. The number of likely N-dealkylation sites (N-methyl/N-ethyl adjacent to an activating group) is 1. The summed E-state index contributed by atoms with van der Waals surface area (Å²) in [7, 11) is 3.68. The minimum Gasteiger partial charge on any atom is -0.496 e. The lowest BCUT2D eigenvalue weighted by atomic mass is 9.95. The van der Waals surface area contributed by atoms with Crippen molar-refractivity contribution in [3.8, 4) is 5.75 Å². The van der Waals surface area contributed by atoms with Crippen molar-refractivity contribution < 1.29 is 18.7 Å². The Morgan fingerprint density at radius 3 is 2.68 bits per heavy atom. The number of carbonyl (C=O) groups is 1. The SMILES string of the molecule is CCOC(=O)C1=C(C)N=c2sc(=Cc3ccc(N4CCN(C)CC4)o3)c(=O)n2[C@H]1c1ccccc1OC. The maximum atomic E-state index is 13.8. The van der Waals surface area contributed by atoms with Crippen LogP contribution in [0, 0.1) is 0 Å². The van der Waals surface area contributed by atoms with Gasteiger partial charge in [-0.15, -0.1) is 0 Å². The van der Waals surface area contributed by atoms with Crippen LogP contribution in [0.3, 0.4) is 0 Å². The van der Waals surface area contributed by atoms with Crippen molar-refractivity contribution in [3.05, 3.63) is 78.7 Å². The average molecular weight is 523 g/mol. The summed E-state index contributed by atoms with van der Waals surface area (Å²) in [5, 5.41) is 0. The van der Waals surface area contributed by atoms with E-state index in [4.69, 9.17) is 13.9 Å². The van der Waals surface area contributed by atoms with Crippen LogP contribution in [0.1, 0.15) is 31.2 Å². The number of esters is 1. The number of furan rings is 1. The number of rotatable bonds is 6. The van der Waals surface area contributed by atoms with E-state index in [1.807, 2.05) is 36.4 Å². The summed E-state index contributed by atoms with van der Waals surface area (Å²) in [6, 6.07) is 10.5. The molecule has 1 aromatic carbocycles. The van der Waals surface area contributed by atoms with Crippen molar-refractivity contribution >= 4 is 29.3 Å². The van der Waals surface area contributed by atoms with Crippen molar-refractivity contribution in [2.45, 2.75) is 19.9 Å². The molecular weight excluding hydrogens is 492 g/mol. The molecule has 2 aliphatic heterocycles. The minimum absolute atomic E-state index is 0.215. The van der Waals surface area contributed by atoms with Crippen molar-refractivity contribution in [1.29, 1.82) is 0 Å². The van der Waals surface area contributed by atoms with E-state index in [1.54, 1.807) is 31.6 Å². The van der Waals surface area contributed by atoms with Crippen LogP contribution in [0.15, 0.2) is 61.9 Å². The van der Waals surface area contributed by atoms with E-state index in [0.717, 1.165) is 32.1 Å². The molecule has 1 saturated heterocycles. The number of hydrogen-bond donors (Lipinski definition) is 0. The van der Waals surface area contributed by atoms with E-state index in [2.05, 4.69) is 21.8 Å². The van der Waals surface area contributed by atoms with Crippen LogP contribution in [0.5, 0.6) is 5.75 Å². The number of nitrogens with zero attached hydrogens (tertiary/aromatic N) is 4. The zero-order chi connectivity index (χ0) is 26.1. The number of thiazole rings is 1. The van der Waals surface area contributed by atoms with Gasteiger partial charge in [-0.05, 0) is 33.0 Å². The number of carbonyl (C=O) groups excluding carboxylic acids is 1. The Morgan fingerprint density at radius 2 is 1.95 bits per heavy atom. The van der Waals surface area contributed by atoms with E-state index < -0.39 is 12.0 Å². The van der Waals surface area contributed by atoms with Crippen LogP contribution in [0.2, 0.25) is 0 Å². The first-order chi connectivity index (χ1) is 17.9. The lowest BCUT2D eigenvalue weighted by molar-refractivity contribution is -0.139. The molecule has 0 amide bonds. The fraction of sp³-hybridized carbons (Fsp3) is 0.370. The van der Waals surface area contributed by atoms with Gasteiger partial charge in [0.2, 0.25) is 0 Å². The summed E-state index contributed by atoms with van der Waals surface area (Å²) in [6.45, 7) is 7.45. The number of piperazine rings is 1. The van der Waals surface area contributed by atoms with Crippen LogP contribution < -0.4 is 24.5 Å². The van der Waals surface area contributed by atoms with Gasteiger partial charge in [-0.25, -0.2) is 9.79 Å².